The summed E-state index contributed by atoms with van der Waals surface area (Å²) in [7, 11) is 1.26. The molecule has 3 aromatic rings. The first kappa shape index (κ1) is 22.6. The van der Waals surface area contributed by atoms with E-state index in [1.54, 1.807) is 18.2 Å². The predicted octanol–water partition coefficient (Wildman–Crippen LogP) is 5.16. The minimum Gasteiger partial charge on any atom is -0.465 e. The lowest BCUT2D eigenvalue weighted by Gasteiger charge is -2.27. The van der Waals surface area contributed by atoms with Gasteiger partial charge in [0.15, 0.2) is 0 Å². The van der Waals surface area contributed by atoms with Gasteiger partial charge in [0, 0.05) is 11.3 Å². The largest absolute Gasteiger partial charge is 0.465 e. The molecule has 172 valence electrons. The second-order valence-electron chi connectivity index (χ2n) is 8.30. The summed E-state index contributed by atoms with van der Waals surface area (Å²) in [6.07, 6.45) is -3.96. The van der Waals surface area contributed by atoms with Gasteiger partial charge in [0.1, 0.15) is 5.69 Å². The average molecular weight is 457 g/mol. The lowest BCUT2D eigenvalue weighted by molar-refractivity contribution is -0.137. The van der Waals surface area contributed by atoms with E-state index in [9.17, 15) is 22.8 Å². The number of benzene rings is 2. The number of carbonyl (C=O) groups excluding carboxylic acids is 2. The predicted molar refractivity (Wildman–Crippen MR) is 115 cm³/mol. The SMILES string of the molecule is COC(=O)c1ccc(N2C(=O)c3[nH]nc(CC(C)C)c3C2c2cccc(C(F)(F)F)c2)cc1. The molecule has 0 saturated heterocycles. The number of anilines is 1. The molecule has 1 aromatic heterocycles. The summed E-state index contributed by atoms with van der Waals surface area (Å²) in [4.78, 5) is 26.6. The number of carbonyl (C=O) groups is 2. The van der Waals surface area contributed by atoms with Gasteiger partial charge < -0.3 is 4.74 Å². The molecule has 1 amide bonds. The summed E-state index contributed by atoms with van der Waals surface area (Å²) in [5, 5.41) is 7.08. The molecule has 4 rings (SSSR count). The molecule has 0 aliphatic carbocycles. The summed E-state index contributed by atoms with van der Waals surface area (Å²) >= 11 is 0. The monoisotopic (exact) mass is 457 g/mol. The molecule has 0 spiro atoms. The maximum Gasteiger partial charge on any atom is 0.416 e. The molecule has 0 fully saturated rings. The van der Waals surface area contributed by atoms with Crippen LogP contribution in [0.2, 0.25) is 0 Å². The van der Waals surface area contributed by atoms with E-state index in [1.807, 2.05) is 13.8 Å². The van der Waals surface area contributed by atoms with Crippen LogP contribution in [0.3, 0.4) is 0 Å². The number of aromatic nitrogens is 2. The third-order valence-corrected chi connectivity index (χ3v) is 5.55. The van der Waals surface area contributed by atoms with E-state index < -0.39 is 29.7 Å². The third kappa shape index (κ3) is 4.10. The van der Waals surface area contributed by atoms with Crippen molar-refractivity contribution in [3.63, 3.8) is 0 Å². The Balaban J connectivity index is 1.86. The fourth-order valence-corrected chi connectivity index (χ4v) is 4.10. The fraction of sp³-hybridized carbons (Fsp3) is 0.292. The zero-order valence-electron chi connectivity index (χ0n) is 18.2. The first-order valence-electron chi connectivity index (χ1n) is 10.4. The number of fused-ring (bicyclic) bond motifs is 1. The summed E-state index contributed by atoms with van der Waals surface area (Å²) in [6, 6.07) is 10.3. The van der Waals surface area contributed by atoms with Crippen LogP contribution in [-0.4, -0.2) is 29.2 Å². The van der Waals surface area contributed by atoms with E-state index in [2.05, 4.69) is 10.2 Å². The van der Waals surface area contributed by atoms with Crippen LogP contribution in [0.15, 0.2) is 48.5 Å². The summed E-state index contributed by atoms with van der Waals surface area (Å²) in [5.74, 6) is -0.707. The Morgan fingerprint density at radius 3 is 2.48 bits per heavy atom. The molecule has 0 radical (unpaired) electrons. The van der Waals surface area contributed by atoms with E-state index in [0.717, 1.165) is 12.1 Å². The van der Waals surface area contributed by atoms with Crippen molar-refractivity contribution in [2.45, 2.75) is 32.5 Å². The van der Waals surface area contributed by atoms with E-state index in [-0.39, 0.29) is 11.6 Å². The molecular weight excluding hydrogens is 435 g/mol. The topological polar surface area (TPSA) is 75.3 Å². The van der Waals surface area contributed by atoms with E-state index in [4.69, 9.17) is 4.74 Å². The lowest BCUT2D eigenvalue weighted by Crippen LogP contribution is -2.29. The Morgan fingerprint density at radius 2 is 1.88 bits per heavy atom. The minimum absolute atomic E-state index is 0.225. The highest BCUT2D eigenvalue weighted by atomic mass is 19.4. The molecule has 6 nitrogen and oxygen atoms in total. The molecule has 1 aliphatic heterocycles. The number of esters is 1. The third-order valence-electron chi connectivity index (χ3n) is 5.55. The number of amides is 1. The van der Waals surface area contributed by atoms with Crippen LogP contribution in [0.1, 0.15) is 63.1 Å². The van der Waals surface area contributed by atoms with Gasteiger partial charge >= 0.3 is 12.1 Å². The highest BCUT2D eigenvalue weighted by Crippen LogP contribution is 2.44. The van der Waals surface area contributed by atoms with Crippen molar-refractivity contribution in [2.75, 3.05) is 12.0 Å². The number of hydrogen-bond donors (Lipinski definition) is 1. The van der Waals surface area contributed by atoms with Crippen LogP contribution in [0, 0.1) is 5.92 Å². The highest BCUT2D eigenvalue weighted by Gasteiger charge is 2.43. The quantitative estimate of drug-likeness (QED) is 0.537. The molecule has 33 heavy (non-hydrogen) atoms. The van der Waals surface area contributed by atoms with Crippen molar-refractivity contribution in [3.05, 3.63) is 82.2 Å². The van der Waals surface area contributed by atoms with Crippen molar-refractivity contribution >= 4 is 17.6 Å². The molecular formula is C24H22F3N3O3. The molecule has 2 aromatic carbocycles. The number of rotatable bonds is 5. The van der Waals surface area contributed by atoms with Crippen LogP contribution >= 0.6 is 0 Å². The zero-order chi connectivity index (χ0) is 23.9. The average Bonchev–Trinajstić information content (AvgIpc) is 3.31. The number of hydrogen-bond acceptors (Lipinski definition) is 4. The maximum atomic E-state index is 13.4. The molecule has 1 unspecified atom stereocenters. The molecule has 0 saturated carbocycles. The number of ether oxygens (including phenoxy) is 1. The van der Waals surface area contributed by atoms with Gasteiger partial charge in [-0.3, -0.25) is 14.8 Å². The smallest absolute Gasteiger partial charge is 0.416 e. The van der Waals surface area contributed by atoms with Crippen molar-refractivity contribution in [2.24, 2.45) is 5.92 Å². The van der Waals surface area contributed by atoms with Crippen LogP contribution in [0.25, 0.3) is 0 Å². The first-order valence-corrected chi connectivity index (χ1v) is 10.4. The number of H-pyrrole nitrogens is 1. The minimum atomic E-state index is -4.52. The highest BCUT2D eigenvalue weighted by molar-refractivity contribution is 6.10. The maximum absolute atomic E-state index is 13.4. The second kappa shape index (κ2) is 8.38. The van der Waals surface area contributed by atoms with E-state index in [1.165, 1.54) is 30.2 Å². The molecule has 2 heterocycles. The normalized spacial score (nSPS) is 15.8. The van der Waals surface area contributed by atoms with Gasteiger partial charge in [-0.1, -0.05) is 26.0 Å². The molecule has 0 bridgehead atoms. The molecule has 1 aliphatic rings. The van der Waals surface area contributed by atoms with Gasteiger partial charge in [0.05, 0.1) is 30.0 Å². The zero-order valence-corrected chi connectivity index (χ0v) is 18.2. The number of nitrogens with zero attached hydrogens (tertiary/aromatic N) is 2. The molecule has 1 atom stereocenters. The fourth-order valence-electron chi connectivity index (χ4n) is 4.10. The second-order valence-corrected chi connectivity index (χ2v) is 8.30. The van der Waals surface area contributed by atoms with Gasteiger partial charge in [0.2, 0.25) is 0 Å². The van der Waals surface area contributed by atoms with Gasteiger partial charge in [-0.25, -0.2) is 4.79 Å². The number of alkyl halides is 3. The van der Waals surface area contributed by atoms with Crippen LogP contribution in [0.4, 0.5) is 18.9 Å². The summed E-state index contributed by atoms with van der Waals surface area (Å²) < 4.78 is 45.1. The molecule has 9 heteroatoms. The van der Waals surface area contributed by atoms with Crippen LogP contribution in [-0.2, 0) is 17.3 Å². The Kier molecular flexibility index (Phi) is 5.73. The van der Waals surface area contributed by atoms with Gasteiger partial charge in [0.25, 0.3) is 5.91 Å². The summed E-state index contributed by atoms with van der Waals surface area (Å²) in [5.41, 5.74) is 1.73. The van der Waals surface area contributed by atoms with Crippen molar-refractivity contribution in [3.8, 4) is 0 Å². The Labute approximate surface area is 188 Å². The van der Waals surface area contributed by atoms with Crippen LogP contribution < -0.4 is 4.90 Å². The van der Waals surface area contributed by atoms with Gasteiger partial charge in [-0.2, -0.15) is 18.3 Å². The standard InChI is InChI=1S/C24H22F3N3O3/c1-13(2)11-18-19-20(29-28-18)22(31)30(17-9-7-14(8-10-17)23(32)33-3)21(19)15-5-4-6-16(12-15)24(25,26)27/h4-10,12-13,21H,11H2,1-3H3,(H,28,29). The van der Waals surface area contributed by atoms with Gasteiger partial charge in [-0.05, 0) is 54.3 Å². The summed E-state index contributed by atoms with van der Waals surface area (Å²) in [6.45, 7) is 4.00. The van der Waals surface area contributed by atoms with Crippen LogP contribution in [0.5, 0.6) is 0 Å². The lowest BCUT2D eigenvalue weighted by atomic mass is 9.94. The van der Waals surface area contributed by atoms with Crippen molar-refractivity contribution in [1.82, 2.24) is 10.2 Å². The Morgan fingerprint density at radius 1 is 1.18 bits per heavy atom. The number of nitrogens with one attached hydrogen (secondary N) is 1. The number of methoxy groups -OCH3 is 1. The van der Waals surface area contributed by atoms with Gasteiger partial charge in [-0.15, -0.1) is 0 Å². The number of aromatic amines is 1. The van der Waals surface area contributed by atoms with E-state index in [0.29, 0.717) is 34.5 Å². The molecule has 1 N–H and O–H groups in total. The number of halogens is 3. The Bertz CT molecular complexity index is 1200. The first-order chi connectivity index (χ1) is 15.6. The Hall–Kier alpha value is -3.62. The van der Waals surface area contributed by atoms with Crippen molar-refractivity contribution in [1.29, 1.82) is 0 Å². The van der Waals surface area contributed by atoms with E-state index >= 15 is 0 Å². The van der Waals surface area contributed by atoms with Crippen molar-refractivity contribution < 1.29 is 27.5 Å².